The van der Waals surface area contributed by atoms with E-state index in [-0.39, 0.29) is 12.5 Å². The third-order valence-electron chi connectivity index (χ3n) is 4.11. The molecule has 1 fully saturated rings. The van der Waals surface area contributed by atoms with Gasteiger partial charge in [-0.2, -0.15) is 0 Å². The van der Waals surface area contributed by atoms with Crippen LogP contribution in [0.4, 0.5) is 0 Å². The van der Waals surface area contributed by atoms with E-state index in [1.54, 1.807) is 0 Å². The molecule has 1 amide bonds. The van der Waals surface area contributed by atoms with E-state index in [0.717, 1.165) is 43.9 Å². The average Bonchev–Trinajstić information content (AvgIpc) is 2.49. The number of carbonyl (C=O) groups is 1. The van der Waals surface area contributed by atoms with Gasteiger partial charge in [0.25, 0.3) is 5.91 Å². The van der Waals surface area contributed by atoms with Crippen molar-refractivity contribution in [2.24, 2.45) is 0 Å². The van der Waals surface area contributed by atoms with Gasteiger partial charge < -0.3 is 10.4 Å². The number of piperazine rings is 1. The minimum atomic E-state index is -0.0177. The largest absolute Gasteiger partial charge is 0.395 e. The predicted molar refractivity (Wildman–Crippen MR) is 83.3 cm³/mol. The molecule has 0 radical (unpaired) electrons. The molecule has 0 spiro atoms. The van der Waals surface area contributed by atoms with Crippen LogP contribution in [0.3, 0.4) is 0 Å². The summed E-state index contributed by atoms with van der Waals surface area (Å²) < 4.78 is 0. The van der Waals surface area contributed by atoms with Gasteiger partial charge in [0.2, 0.25) is 0 Å². The molecule has 5 nitrogen and oxygen atoms in total. The van der Waals surface area contributed by atoms with E-state index in [1.165, 1.54) is 5.56 Å². The summed E-state index contributed by atoms with van der Waals surface area (Å²) in [5.41, 5.74) is 3.06. The van der Waals surface area contributed by atoms with Gasteiger partial charge in [0.1, 0.15) is 0 Å². The molecule has 5 heteroatoms. The van der Waals surface area contributed by atoms with Crippen LogP contribution < -0.4 is 5.32 Å². The van der Waals surface area contributed by atoms with Gasteiger partial charge in [-0.3, -0.25) is 14.6 Å². The van der Waals surface area contributed by atoms with Crippen LogP contribution in [0.25, 0.3) is 0 Å². The molecule has 0 unspecified atom stereocenters. The van der Waals surface area contributed by atoms with Gasteiger partial charge in [-0.1, -0.05) is 6.07 Å². The van der Waals surface area contributed by atoms with Crippen LogP contribution in [0.1, 0.15) is 21.5 Å². The minimum Gasteiger partial charge on any atom is -0.395 e. The summed E-state index contributed by atoms with van der Waals surface area (Å²) >= 11 is 0. The normalized spacial score (nSPS) is 16.9. The van der Waals surface area contributed by atoms with Crippen LogP contribution in [0.5, 0.6) is 0 Å². The first-order valence-electron chi connectivity index (χ1n) is 7.51. The topological polar surface area (TPSA) is 55.8 Å². The lowest BCUT2D eigenvalue weighted by molar-refractivity contribution is 0.0847. The molecule has 2 rings (SSSR count). The Balaban J connectivity index is 1.78. The third kappa shape index (κ3) is 4.52. The zero-order valence-electron chi connectivity index (χ0n) is 12.9. The molecule has 116 valence electrons. The van der Waals surface area contributed by atoms with E-state index in [0.29, 0.717) is 6.67 Å². The lowest BCUT2D eigenvalue weighted by atomic mass is 10.1. The Kier molecular flexibility index (Phi) is 5.73. The lowest BCUT2D eigenvalue weighted by Crippen LogP contribution is -2.50. The van der Waals surface area contributed by atoms with Gasteiger partial charge in [-0.25, -0.2) is 0 Å². The van der Waals surface area contributed by atoms with Crippen LogP contribution >= 0.6 is 0 Å². The summed E-state index contributed by atoms with van der Waals surface area (Å²) in [5.74, 6) is -0.0177. The highest BCUT2D eigenvalue weighted by Gasteiger charge is 2.16. The fourth-order valence-corrected chi connectivity index (χ4v) is 2.48. The van der Waals surface area contributed by atoms with Crippen LogP contribution in [-0.4, -0.2) is 66.8 Å². The smallest absolute Gasteiger partial charge is 0.252 e. The standard InChI is InChI=1S/C16H25N3O2/c1-13-3-4-15(11-14(13)2)16(21)17-12-19-7-5-18(6-8-19)9-10-20/h3-4,11,20H,5-10,12H2,1-2H3,(H,17,21). The first-order valence-corrected chi connectivity index (χ1v) is 7.51. The van der Waals surface area contributed by atoms with Gasteiger partial charge in [0.15, 0.2) is 0 Å². The van der Waals surface area contributed by atoms with Crippen LogP contribution in [-0.2, 0) is 0 Å². The second kappa shape index (κ2) is 7.54. The molecule has 0 bridgehead atoms. The molecule has 1 aliphatic rings. The Labute approximate surface area is 126 Å². The number of carbonyl (C=O) groups excluding carboxylic acids is 1. The number of amides is 1. The Morgan fingerprint density at radius 3 is 2.43 bits per heavy atom. The maximum atomic E-state index is 12.1. The summed E-state index contributed by atoms with van der Waals surface area (Å²) in [6.07, 6.45) is 0. The monoisotopic (exact) mass is 291 g/mol. The Hall–Kier alpha value is -1.43. The van der Waals surface area contributed by atoms with Crippen molar-refractivity contribution in [3.8, 4) is 0 Å². The van der Waals surface area contributed by atoms with Gasteiger partial charge in [-0.15, -0.1) is 0 Å². The summed E-state index contributed by atoms with van der Waals surface area (Å²) in [4.78, 5) is 16.6. The molecule has 0 saturated carbocycles. The van der Waals surface area contributed by atoms with Gasteiger partial charge >= 0.3 is 0 Å². The van der Waals surface area contributed by atoms with Crippen molar-refractivity contribution in [2.45, 2.75) is 13.8 Å². The average molecular weight is 291 g/mol. The van der Waals surface area contributed by atoms with Gasteiger partial charge in [-0.05, 0) is 37.1 Å². The second-order valence-electron chi connectivity index (χ2n) is 5.65. The van der Waals surface area contributed by atoms with E-state index in [9.17, 15) is 4.79 Å². The van der Waals surface area contributed by atoms with E-state index in [2.05, 4.69) is 15.1 Å². The predicted octanol–water partition coefficient (Wildman–Crippen LogP) is 0.601. The fourth-order valence-electron chi connectivity index (χ4n) is 2.48. The van der Waals surface area contributed by atoms with E-state index in [4.69, 9.17) is 5.11 Å². The Morgan fingerprint density at radius 2 is 1.81 bits per heavy atom. The van der Waals surface area contributed by atoms with Crippen molar-refractivity contribution in [1.82, 2.24) is 15.1 Å². The highest BCUT2D eigenvalue weighted by molar-refractivity contribution is 5.94. The van der Waals surface area contributed by atoms with Crippen molar-refractivity contribution in [3.63, 3.8) is 0 Å². The quantitative estimate of drug-likeness (QED) is 0.834. The number of benzene rings is 1. The maximum absolute atomic E-state index is 12.1. The molecule has 0 aliphatic carbocycles. The van der Waals surface area contributed by atoms with Crippen LogP contribution in [0, 0.1) is 13.8 Å². The highest BCUT2D eigenvalue weighted by atomic mass is 16.3. The molecule has 1 heterocycles. The molecule has 2 N–H and O–H groups in total. The van der Waals surface area contributed by atoms with Crippen molar-refractivity contribution >= 4 is 5.91 Å². The van der Waals surface area contributed by atoms with Crippen molar-refractivity contribution < 1.29 is 9.90 Å². The van der Waals surface area contributed by atoms with E-state index < -0.39 is 0 Å². The summed E-state index contributed by atoms with van der Waals surface area (Å²) in [6, 6.07) is 5.79. The number of rotatable bonds is 5. The number of hydrogen-bond donors (Lipinski definition) is 2. The molecule has 1 aromatic rings. The first-order chi connectivity index (χ1) is 10.1. The summed E-state index contributed by atoms with van der Waals surface area (Å²) in [7, 11) is 0. The molecular formula is C16H25N3O2. The molecular weight excluding hydrogens is 266 g/mol. The number of aliphatic hydroxyl groups is 1. The Morgan fingerprint density at radius 1 is 1.14 bits per heavy atom. The van der Waals surface area contributed by atoms with Crippen LogP contribution in [0.15, 0.2) is 18.2 Å². The molecule has 21 heavy (non-hydrogen) atoms. The van der Waals surface area contributed by atoms with Gasteiger partial charge in [0, 0.05) is 38.3 Å². The zero-order chi connectivity index (χ0) is 15.2. The summed E-state index contributed by atoms with van der Waals surface area (Å²) in [6.45, 7) is 9.33. The third-order valence-corrected chi connectivity index (χ3v) is 4.11. The van der Waals surface area contributed by atoms with E-state index in [1.807, 2.05) is 32.0 Å². The lowest BCUT2D eigenvalue weighted by Gasteiger charge is -2.34. The molecule has 1 aromatic carbocycles. The number of aryl methyl sites for hydroxylation is 2. The van der Waals surface area contributed by atoms with E-state index >= 15 is 0 Å². The Bertz CT molecular complexity index is 482. The SMILES string of the molecule is Cc1ccc(C(=O)NCN2CCN(CCO)CC2)cc1C. The van der Waals surface area contributed by atoms with Crippen LogP contribution in [0.2, 0.25) is 0 Å². The first kappa shape index (κ1) is 15.9. The summed E-state index contributed by atoms with van der Waals surface area (Å²) in [5, 5.41) is 11.9. The minimum absolute atomic E-state index is 0.0177. The highest BCUT2D eigenvalue weighted by Crippen LogP contribution is 2.09. The molecule has 1 aliphatic heterocycles. The maximum Gasteiger partial charge on any atom is 0.252 e. The van der Waals surface area contributed by atoms with Crippen molar-refractivity contribution in [3.05, 3.63) is 34.9 Å². The molecule has 1 saturated heterocycles. The fraction of sp³-hybridized carbons (Fsp3) is 0.562. The van der Waals surface area contributed by atoms with Gasteiger partial charge in [0.05, 0.1) is 13.3 Å². The molecule has 0 atom stereocenters. The number of aliphatic hydroxyl groups excluding tert-OH is 1. The number of nitrogens with zero attached hydrogens (tertiary/aromatic N) is 2. The van der Waals surface area contributed by atoms with Crippen molar-refractivity contribution in [1.29, 1.82) is 0 Å². The number of hydrogen-bond acceptors (Lipinski definition) is 4. The number of nitrogens with one attached hydrogen (secondary N) is 1. The van der Waals surface area contributed by atoms with Crippen molar-refractivity contribution in [2.75, 3.05) is 46.0 Å². The number of β-amino-alcohol motifs (C(OH)–C–C–N with tert-alkyl or cyclic N) is 1. The molecule has 0 aromatic heterocycles. The zero-order valence-corrected chi connectivity index (χ0v) is 12.9. The second-order valence-corrected chi connectivity index (χ2v) is 5.65.